The van der Waals surface area contributed by atoms with Gasteiger partial charge in [-0.25, -0.2) is 0 Å². The second-order valence-corrected chi connectivity index (χ2v) is 4.36. The summed E-state index contributed by atoms with van der Waals surface area (Å²) in [5.74, 6) is -0.348. The molecule has 0 aliphatic heterocycles. The molecule has 1 rings (SSSR count). The van der Waals surface area contributed by atoms with Gasteiger partial charge in [0.2, 0.25) is 5.91 Å². The molecule has 1 aromatic rings. The number of carbonyl (C=O) groups is 2. The van der Waals surface area contributed by atoms with Gasteiger partial charge in [0.1, 0.15) is 0 Å². The predicted molar refractivity (Wildman–Crippen MR) is 69.6 cm³/mol. The molecule has 6 heteroatoms. The van der Waals surface area contributed by atoms with E-state index < -0.39 is 0 Å². The molecule has 0 aliphatic carbocycles. The summed E-state index contributed by atoms with van der Waals surface area (Å²) in [6.07, 6.45) is 1.71. The third kappa shape index (κ3) is 3.70. The minimum Gasteiger partial charge on any atom is -0.359 e. The van der Waals surface area contributed by atoms with Gasteiger partial charge < -0.3 is 10.2 Å². The molecule has 0 saturated heterocycles. The number of aromatic nitrogens is 1. The van der Waals surface area contributed by atoms with Crippen LogP contribution in [0.1, 0.15) is 22.5 Å². The van der Waals surface area contributed by atoms with Gasteiger partial charge in [0.15, 0.2) is 0 Å². The van der Waals surface area contributed by atoms with Gasteiger partial charge in [-0.3, -0.25) is 14.6 Å². The van der Waals surface area contributed by atoms with Crippen LogP contribution in [0, 0.1) is 6.92 Å². The first-order valence-electron chi connectivity index (χ1n) is 5.54. The highest BCUT2D eigenvalue weighted by atomic mass is 35.5. The number of hydrogen-bond acceptors (Lipinski definition) is 3. The first-order valence-corrected chi connectivity index (χ1v) is 5.91. The zero-order valence-electron chi connectivity index (χ0n) is 10.7. The third-order valence-corrected chi connectivity index (χ3v) is 2.83. The molecule has 0 spiro atoms. The molecule has 0 bridgehead atoms. The molecule has 0 saturated carbocycles. The van der Waals surface area contributed by atoms with E-state index in [0.717, 1.165) is 5.69 Å². The van der Waals surface area contributed by atoms with E-state index in [1.165, 1.54) is 11.1 Å². The van der Waals surface area contributed by atoms with Gasteiger partial charge in [-0.15, -0.1) is 0 Å². The molecule has 5 nitrogen and oxygen atoms in total. The summed E-state index contributed by atoms with van der Waals surface area (Å²) in [5.41, 5.74) is 1.10. The molecule has 0 atom stereocenters. The molecule has 1 heterocycles. The zero-order chi connectivity index (χ0) is 13.7. The van der Waals surface area contributed by atoms with Gasteiger partial charge in [-0.05, 0) is 13.0 Å². The Morgan fingerprint density at radius 3 is 2.72 bits per heavy atom. The van der Waals surface area contributed by atoms with Crippen LogP contribution in [-0.2, 0) is 4.79 Å². The van der Waals surface area contributed by atoms with Crippen molar-refractivity contribution < 1.29 is 9.59 Å². The predicted octanol–water partition coefficient (Wildman–Crippen LogP) is 1.25. The summed E-state index contributed by atoms with van der Waals surface area (Å²) in [6.45, 7) is 2.14. The largest absolute Gasteiger partial charge is 0.359 e. The standard InChI is InChI=1S/C12H16ClN3O2/c1-8-6-10(13)9(7-15-8)12(18)16(3)5-4-11(17)14-2/h6-7H,4-5H2,1-3H3,(H,14,17). The second kappa shape index (κ2) is 6.35. The number of halogens is 1. The molecule has 2 amide bonds. The maximum Gasteiger partial charge on any atom is 0.256 e. The van der Waals surface area contributed by atoms with Crippen LogP contribution in [0.2, 0.25) is 5.02 Å². The third-order valence-electron chi connectivity index (χ3n) is 2.52. The highest BCUT2D eigenvalue weighted by Gasteiger charge is 2.16. The number of nitrogens with zero attached hydrogens (tertiary/aromatic N) is 2. The Morgan fingerprint density at radius 1 is 1.50 bits per heavy atom. The van der Waals surface area contributed by atoms with Crippen LogP contribution in [0.15, 0.2) is 12.3 Å². The summed E-state index contributed by atoms with van der Waals surface area (Å²) >= 11 is 5.99. The lowest BCUT2D eigenvalue weighted by Gasteiger charge is -2.17. The minimum absolute atomic E-state index is 0.109. The average molecular weight is 270 g/mol. The Balaban J connectivity index is 2.71. The van der Waals surface area contributed by atoms with E-state index in [9.17, 15) is 9.59 Å². The van der Waals surface area contributed by atoms with Crippen LogP contribution in [0.4, 0.5) is 0 Å². The second-order valence-electron chi connectivity index (χ2n) is 3.96. The Hall–Kier alpha value is -1.62. The summed E-state index contributed by atoms with van der Waals surface area (Å²) in [6, 6.07) is 1.64. The number of nitrogens with one attached hydrogen (secondary N) is 1. The maximum atomic E-state index is 12.0. The Kier molecular flexibility index (Phi) is 5.09. The van der Waals surface area contributed by atoms with Crippen molar-refractivity contribution in [3.63, 3.8) is 0 Å². The van der Waals surface area contributed by atoms with Gasteiger partial charge in [-0.1, -0.05) is 11.6 Å². The number of hydrogen-bond donors (Lipinski definition) is 1. The number of amides is 2. The zero-order valence-corrected chi connectivity index (χ0v) is 11.4. The molecular weight excluding hydrogens is 254 g/mol. The molecule has 0 aromatic carbocycles. The number of aryl methyl sites for hydroxylation is 1. The van der Waals surface area contributed by atoms with Gasteiger partial charge in [-0.2, -0.15) is 0 Å². The van der Waals surface area contributed by atoms with Crippen LogP contribution >= 0.6 is 11.6 Å². The Morgan fingerprint density at radius 2 is 2.17 bits per heavy atom. The minimum atomic E-state index is -0.239. The SMILES string of the molecule is CNC(=O)CCN(C)C(=O)c1cnc(C)cc1Cl. The van der Waals surface area contributed by atoms with Crippen molar-refractivity contribution in [2.24, 2.45) is 0 Å². The lowest BCUT2D eigenvalue weighted by atomic mass is 10.2. The van der Waals surface area contributed by atoms with Crippen molar-refractivity contribution in [2.45, 2.75) is 13.3 Å². The highest BCUT2D eigenvalue weighted by Crippen LogP contribution is 2.17. The Bertz CT molecular complexity index is 463. The molecule has 0 aliphatic rings. The summed E-state index contributed by atoms with van der Waals surface area (Å²) in [5, 5.41) is 2.88. The van der Waals surface area contributed by atoms with Gasteiger partial charge in [0.25, 0.3) is 5.91 Å². The highest BCUT2D eigenvalue weighted by molar-refractivity contribution is 6.33. The molecular formula is C12H16ClN3O2. The van der Waals surface area contributed by atoms with Crippen molar-refractivity contribution in [3.05, 3.63) is 28.5 Å². The van der Waals surface area contributed by atoms with E-state index in [2.05, 4.69) is 10.3 Å². The van der Waals surface area contributed by atoms with Gasteiger partial charge >= 0.3 is 0 Å². The molecule has 0 fully saturated rings. The van der Waals surface area contributed by atoms with Crippen molar-refractivity contribution in [3.8, 4) is 0 Å². The molecule has 18 heavy (non-hydrogen) atoms. The van der Waals surface area contributed by atoms with E-state index in [0.29, 0.717) is 17.1 Å². The van der Waals surface area contributed by atoms with Crippen molar-refractivity contribution in [1.29, 1.82) is 0 Å². The fourth-order valence-electron chi connectivity index (χ4n) is 1.39. The van der Waals surface area contributed by atoms with Crippen molar-refractivity contribution in [2.75, 3.05) is 20.6 Å². The fraction of sp³-hybridized carbons (Fsp3) is 0.417. The van der Waals surface area contributed by atoms with E-state index in [1.54, 1.807) is 27.1 Å². The topological polar surface area (TPSA) is 62.3 Å². The Labute approximate surface area is 111 Å². The fourth-order valence-corrected chi connectivity index (χ4v) is 1.67. The van der Waals surface area contributed by atoms with Crippen LogP contribution in [0.25, 0.3) is 0 Å². The van der Waals surface area contributed by atoms with E-state index >= 15 is 0 Å². The first-order chi connectivity index (χ1) is 8.45. The molecule has 0 radical (unpaired) electrons. The lowest BCUT2D eigenvalue weighted by molar-refractivity contribution is -0.120. The molecule has 98 valence electrons. The van der Waals surface area contributed by atoms with E-state index in [-0.39, 0.29) is 18.2 Å². The summed E-state index contributed by atoms with van der Waals surface area (Å²) in [4.78, 5) is 28.6. The first kappa shape index (κ1) is 14.4. The quantitative estimate of drug-likeness (QED) is 0.895. The summed E-state index contributed by atoms with van der Waals surface area (Å²) < 4.78 is 0. The number of pyridine rings is 1. The van der Waals surface area contributed by atoms with Crippen LogP contribution < -0.4 is 5.32 Å². The molecule has 1 aromatic heterocycles. The molecule has 0 unspecified atom stereocenters. The smallest absolute Gasteiger partial charge is 0.256 e. The van der Waals surface area contributed by atoms with E-state index in [1.807, 2.05) is 0 Å². The van der Waals surface area contributed by atoms with Crippen molar-refractivity contribution >= 4 is 23.4 Å². The summed E-state index contributed by atoms with van der Waals surface area (Å²) in [7, 11) is 3.19. The van der Waals surface area contributed by atoms with E-state index in [4.69, 9.17) is 11.6 Å². The van der Waals surface area contributed by atoms with Crippen LogP contribution in [0.5, 0.6) is 0 Å². The van der Waals surface area contributed by atoms with Gasteiger partial charge in [0.05, 0.1) is 10.6 Å². The average Bonchev–Trinajstić information content (AvgIpc) is 2.34. The monoisotopic (exact) mass is 269 g/mol. The normalized spacial score (nSPS) is 10.0. The van der Waals surface area contributed by atoms with Crippen LogP contribution in [-0.4, -0.2) is 42.3 Å². The maximum absolute atomic E-state index is 12.0. The van der Waals surface area contributed by atoms with Gasteiger partial charge in [0, 0.05) is 39.0 Å². The lowest BCUT2D eigenvalue weighted by Crippen LogP contribution is -2.31. The number of rotatable bonds is 4. The van der Waals surface area contributed by atoms with Crippen LogP contribution in [0.3, 0.4) is 0 Å². The van der Waals surface area contributed by atoms with Crippen molar-refractivity contribution in [1.82, 2.24) is 15.2 Å². The molecule has 1 N–H and O–H groups in total. The number of carbonyl (C=O) groups excluding carboxylic acids is 2.